The van der Waals surface area contributed by atoms with Gasteiger partial charge in [0.25, 0.3) is 0 Å². The first-order valence-electron chi connectivity index (χ1n) is 4.78. The first-order chi connectivity index (χ1) is 7.11. The van der Waals surface area contributed by atoms with Crippen LogP contribution in [-0.2, 0) is 14.3 Å². The summed E-state index contributed by atoms with van der Waals surface area (Å²) in [5.41, 5.74) is 0.560. The Hall–Kier alpha value is -1.36. The SMILES string of the molecule is CNC(=O)CCNC/C=C(/C)C(=O)OC. The van der Waals surface area contributed by atoms with Gasteiger partial charge in [-0.3, -0.25) is 4.79 Å². The minimum atomic E-state index is -0.330. The molecule has 1 amide bonds. The Morgan fingerprint density at radius 2 is 2.07 bits per heavy atom. The van der Waals surface area contributed by atoms with Gasteiger partial charge in [0.1, 0.15) is 0 Å². The van der Waals surface area contributed by atoms with Gasteiger partial charge in [-0.05, 0) is 6.92 Å². The molecule has 0 aromatic rings. The van der Waals surface area contributed by atoms with E-state index in [2.05, 4.69) is 15.4 Å². The highest BCUT2D eigenvalue weighted by molar-refractivity contribution is 5.87. The van der Waals surface area contributed by atoms with Crippen molar-refractivity contribution in [2.75, 3.05) is 27.2 Å². The van der Waals surface area contributed by atoms with Gasteiger partial charge in [-0.2, -0.15) is 0 Å². The maximum Gasteiger partial charge on any atom is 0.333 e. The van der Waals surface area contributed by atoms with Gasteiger partial charge in [0, 0.05) is 32.1 Å². The van der Waals surface area contributed by atoms with Gasteiger partial charge in [0.05, 0.1) is 7.11 Å². The minimum Gasteiger partial charge on any atom is -0.466 e. The first kappa shape index (κ1) is 13.6. The molecule has 5 heteroatoms. The van der Waals surface area contributed by atoms with Crippen molar-refractivity contribution >= 4 is 11.9 Å². The number of rotatable bonds is 6. The molecule has 0 unspecified atom stereocenters. The van der Waals surface area contributed by atoms with Crippen LogP contribution in [0.4, 0.5) is 0 Å². The van der Waals surface area contributed by atoms with E-state index in [4.69, 9.17) is 0 Å². The number of carbonyl (C=O) groups excluding carboxylic acids is 2. The lowest BCUT2D eigenvalue weighted by atomic mass is 10.3. The number of amides is 1. The molecular formula is C10H18N2O3. The van der Waals surface area contributed by atoms with E-state index < -0.39 is 0 Å². The second kappa shape index (κ2) is 7.99. The summed E-state index contributed by atoms with van der Waals surface area (Å²) in [5.74, 6) is -0.334. The molecular weight excluding hydrogens is 196 g/mol. The van der Waals surface area contributed by atoms with Crippen molar-refractivity contribution in [2.45, 2.75) is 13.3 Å². The topological polar surface area (TPSA) is 67.4 Å². The number of methoxy groups -OCH3 is 1. The Kier molecular flexibility index (Phi) is 7.27. The first-order valence-corrected chi connectivity index (χ1v) is 4.78. The third-order valence-electron chi connectivity index (χ3n) is 1.87. The second-order valence-corrected chi connectivity index (χ2v) is 3.01. The summed E-state index contributed by atoms with van der Waals surface area (Å²) in [7, 11) is 2.95. The van der Waals surface area contributed by atoms with Gasteiger partial charge in [-0.25, -0.2) is 4.79 Å². The summed E-state index contributed by atoms with van der Waals surface area (Å²) < 4.78 is 4.53. The van der Waals surface area contributed by atoms with Crippen LogP contribution in [0.3, 0.4) is 0 Å². The number of esters is 1. The van der Waals surface area contributed by atoms with E-state index >= 15 is 0 Å². The molecule has 0 atom stereocenters. The van der Waals surface area contributed by atoms with E-state index in [1.807, 2.05) is 0 Å². The lowest BCUT2D eigenvalue weighted by Gasteiger charge is -2.02. The third kappa shape index (κ3) is 6.68. The van der Waals surface area contributed by atoms with Crippen LogP contribution in [-0.4, -0.2) is 39.1 Å². The smallest absolute Gasteiger partial charge is 0.333 e. The predicted octanol–water partition coefficient (Wildman–Crippen LogP) is -0.169. The van der Waals surface area contributed by atoms with Crippen LogP contribution in [0.5, 0.6) is 0 Å². The highest BCUT2D eigenvalue weighted by Crippen LogP contribution is 1.93. The van der Waals surface area contributed by atoms with Gasteiger partial charge >= 0.3 is 5.97 Å². The van der Waals surface area contributed by atoms with Crippen LogP contribution in [0, 0.1) is 0 Å². The molecule has 0 aromatic carbocycles. The standard InChI is InChI=1S/C10H18N2O3/c1-8(10(14)15-3)4-6-12-7-5-9(13)11-2/h4,12H,5-7H2,1-3H3,(H,11,13)/b8-4-. The zero-order chi connectivity index (χ0) is 11.7. The molecule has 5 nitrogen and oxygen atoms in total. The normalized spacial score (nSPS) is 11.0. The predicted molar refractivity (Wildman–Crippen MR) is 57.3 cm³/mol. The van der Waals surface area contributed by atoms with Crippen molar-refractivity contribution < 1.29 is 14.3 Å². The lowest BCUT2D eigenvalue weighted by molar-refractivity contribution is -0.136. The molecule has 0 rings (SSSR count). The fourth-order valence-electron chi connectivity index (χ4n) is 0.899. The van der Waals surface area contributed by atoms with Crippen LogP contribution < -0.4 is 10.6 Å². The molecule has 0 heterocycles. The average Bonchev–Trinajstić information content (AvgIpc) is 2.26. The fourth-order valence-corrected chi connectivity index (χ4v) is 0.899. The van der Waals surface area contributed by atoms with Crippen molar-refractivity contribution in [3.05, 3.63) is 11.6 Å². The van der Waals surface area contributed by atoms with E-state index in [-0.39, 0.29) is 11.9 Å². The molecule has 86 valence electrons. The van der Waals surface area contributed by atoms with Gasteiger partial charge < -0.3 is 15.4 Å². The summed E-state index contributed by atoms with van der Waals surface area (Å²) >= 11 is 0. The van der Waals surface area contributed by atoms with Gasteiger partial charge in [0.2, 0.25) is 5.91 Å². The summed E-state index contributed by atoms with van der Waals surface area (Å²) in [6.45, 7) is 2.83. The second-order valence-electron chi connectivity index (χ2n) is 3.01. The Balaban J connectivity index is 3.61. The molecule has 0 spiro atoms. The monoisotopic (exact) mass is 214 g/mol. The highest BCUT2D eigenvalue weighted by atomic mass is 16.5. The van der Waals surface area contributed by atoms with E-state index in [0.29, 0.717) is 25.1 Å². The van der Waals surface area contributed by atoms with Gasteiger partial charge in [0.15, 0.2) is 0 Å². The molecule has 0 saturated heterocycles. The fraction of sp³-hybridized carbons (Fsp3) is 0.600. The van der Waals surface area contributed by atoms with E-state index in [0.717, 1.165) is 0 Å². The number of hydrogen-bond acceptors (Lipinski definition) is 4. The van der Waals surface area contributed by atoms with Crippen molar-refractivity contribution in [2.24, 2.45) is 0 Å². The van der Waals surface area contributed by atoms with Crippen LogP contribution >= 0.6 is 0 Å². The summed E-state index contributed by atoms with van der Waals surface area (Å²) in [4.78, 5) is 21.8. The Morgan fingerprint density at radius 1 is 1.40 bits per heavy atom. The van der Waals surface area contributed by atoms with Gasteiger partial charge in [-0.1, -0.05) is 6.08 Å². The zero-order valence-corrected chi connectivity index (χ0v) is 9.42. The minimum absolute atomic E-state index is 0.00355. The molecule has 0 radical (unpaired) electrons. The number of ether oxygens (including phenoxy) is 1. The maximum atomic E-state index is 10.9. The molecule has 0 aliphatic heterocycles. The quantitative estimate of drug-likeness (QED) is 0.366. The molecule has 0 aliphatic carbocycles. The van der Waals surface area contributed by atoms with Gasteiger partial charge in [-0.15, -0.1) is 0 Å². The Bertz CT molecular complexity index is 249. The summed E-state index contributed by atoms with van der Waals surface area (Å²) in [5, 5.41) is 5.54. The molecule has 2 N–H and O–H groups in total. The van der Waals surface area contributed by atoms with Crippen LogP contribution in [0.15, 0.2) is 11.6 Å². The van der Waals surface area contributed by atoms with Crippen molar-refractivity contribution in [3.63, 3.8) is 0 Å². The Morgan fingerprint density at radius 3 is 2.60 bits per heavy atom. The molecule has 0 fully saturated rings. The lowest BCUT2D eigenvalue weighted by Crippen LogP contribution is -2.25. The molecule has 0 aromatic heterocycles. The maximum absolute atomic E-state index is 10.9. The van der Waals surface area contributed by atoms with E-state index in [9.17, 15) is 9.59 Å². The number of hydrogen-bond donors (Lipinski definition) is 2. The molecule has 0 saturated carbocycles. The molecule has 15 heavy (non-hydrogen) atoms. The van der Waals surface area contributed by atoms with Crippen LogP contribution in [0.2, 0.25) is 0 Å². The Labute approximate surface area is 89.9 Å². The van der Waals surface area contributed by atoms with Crippen LogP contribution in [0.1, 0.15) is 13.3 Å². The largest absolute Gasteiger partial charge is 0.466 e. The third-order valence-corrected chi connectivity index (χ3v) is 1.87. The molecule has 0 bridgehead atoms. The highest BCUT2D eigenvalue weighted by Gasteiger charge is 2.01. The molecule has 0 aliphatic rings. The van der Waals surface area contributed by atoms with Crippen molar-refractivity contribution in [1.29, 1.82) is 0 Å². The van der Waals surface area contributed by atoms with E-state index in [1.54, 1.807) is 20.0 Å². The van der Waals surface area contributed by atoms with Crippen LogP contribution in [0.25, 0.3) is 0 Å². The number of nitrogens with one attached hydrogen (secondary N) is 2. The number of carbonyl (C=O) groups is 2. The van der Waals surface area contributed by atoms with Crippen molar-refractivity contribution in [3.8, 4) is 0 Å². The zero-order valence-electron chi connectivity index (χ0n) is 9.42. The van der Waals surface area contributed by atoms with E-state index in [1.165, 1.54) is 7.11 Å². The summed E-state index contributed by atoms with van der Waals surface area (Å²) in [6, 6.07) is 0. The summed E-state index contributed by atoms with van der Waals surface area (Å²) in [6.07, 6.45) is 2.16. The average molecular weight is 214 g/mol. The van der Waals surface area contributed by atoms with Crippen molar-refractivity contribution in [1.82, 2.24) is 10.6 Å².